The summed E-state index contributed by atoms with van der Waals surface area (Å²) >= 11 is 24.4. The maximum Gasteiger partial charge on any atom is 0.417 e. The highest BCUT2D eigenvalue weighted by Gasteiger charge is 2.67. The SMILES string of the molecule is O=C(Nc1ccc(F)c(NC(=O)C2CCCO2)c1F)c1cc(NC(=O)C2[C@H](c3ccc(Cl)c(C(F)(F)F)c3)C2(Cl)Cl)ccc1Cl. The summed E-state index contributed by atoms with van der Waals surface area (Å²) in [5.74, 6) is -6.98. The number of benzene rings is 3. The van der Waals surface area contributed by atoms with E-state index in [-0.39, 0.29) is 21.8 Å². The standard InChI is InChI=1S/C29H20Cl4F5N3O4/c30-16-6-4-13(39-27(44)22-21(28(22,32)33)12-3-5-17(31)15(10-12)29(36,37)38)11-14(16)25(42)40-19-8-7-18(34)24(23(19)35)41-26(43)20-2-1-9-45-20/h3-8,10-11,20-22H,1-2,9H2,(H,39,44)(H,40,42)(H,41,43)/t20?,21-,22?/m0/s1. The second-order valence-corrected chi connectivity index (χ2v) is 12.5. The Balaban J connectivity index is 1.31. The summed E-state index contributed by atoms with van der Waals surface area (Å²) in [5, 5.41) is 6.26. The van der Waals surface area contributed by atoms with Crippen LogP contribution in [0.15, 0.2) is 48.5 Å². The third-order valence-corrected chi connectivity index (χ3v) is 8.88. The lowest BCUT2D eigenvalue weighted by Crippen LogP contribution is -2.28. The van der Waals surface area contributed by atoms with Crippen molar-refractivity contribution in [3.8, 4) is 0 Å². The van der Waals surface area contributed by atoms with E-state index in [1.165, 1.54) is 18.2 Å². The zero-order chi connectivity index (χ0) is 32.8. The third kappa shape index (κ3) is 6.85. The molecule has 1 heterocycles. The summed E-state index contributed by atoms with van der Waals surface area (Å²) < 4.78 is 73.1. The van der Waals surface area contributed by atoms with Crippen molar-refractivity contribution in [2.24, 2.45) is 5.92 Å². The summed E-state index contributed by atoms with van der Waals surface area (Å²) in [6.07, 6.45) is -4.62. The molecule has 3 atom stereocenters. The van der Waals surface area contributed by atoms with Crippen LogP contribution in [0.1, 0.15) is 40.2 Å². The Labute approximate surface area is 272 Å². The molecule has 0 bridgehead atoms. The molecule has 238 valence electrons. The van der Waals surface area contributed by atoms with Gasteiger partial charge in [0.1, 0.15) is 21.9 Å². The van der Waals surface area contributed by atoms with Crippen LogP contribution in [0.4, 0.5) is 39.0 Å². The molecule has 7 nitrogen and oxygen atoms in total. The lowest BCUT2D eigenvalue weighted by Gasteiger charge is -2.15. The zero-order valence-corrected chi connectivity index (χ0v) is 25.5. The predicted molar refractivity (Wildman–Crippen MR) is 159 cm³/mol. The molecule has 1 saturated heterocycles. The van der Waals surface area contributed by atoms with Gasteiger partial charge >= 0.3 is 6.18 Å². The van der Waals surface area contributed by atoms with E-state index in [1.54, 1.807) is 0 Å². The van der Waals surface area contributed by atoms with Gasteiger partial charge in [0.05, 0.1) is 32.8 Å². The number of nitrogens with one attached hydrogen (secondary N) is 3. The Morgan fingerprint density at radius 1 is 0.889 bits per heavy atom. The number of halogens is 9. The molecule has 3 aromatic carbocycles. The number of hydrogen-bond acceptors (Lipinski definition) is 4. The molecular formula is C29H20Cl4F5N3O4. The van der Waals surface area contributed by atoms with E-state index in [4.69, 9.17) is 51.1 Å². The normalized spacial score (nSPS) is 20.4. The number of ether oxygens (including phenoxy) is 1. The van der Waals surface area contributed by atoms with Gasteiger partial charge in [-0.1, -0.05) is 29.3 Å². The molecule has 1 saturated carbocycles. The molecular weight excluding hydrogens is 691 g/mol. The molecule has 0 spiro atoms. The minimum Gasteiger partial charge on any atom is -0.368 e. The van der Waals surface area contributed by atoms with Crippen molar-refractivity contribution >= 4 is 81.2 Å². The van der Waals surface area contributed by atoms with E-state index in [0.29, 0.717) is 19.4 Å². The third-order valence-electron chi connectivity index (χ3n) is 7.28. The Morgan fingerprint density at radius 2 is 1.60 bits per heavy atom. The number of carbonyl (C=O) groups is 3. The first-order valence-corrected chi connectivity index (χ1v) is 14.7. The fourth-order valence-electron chi connectivity index (χ4n) is 4.96. The summed E-state index contributed by atoms with van der Waals surface area (Å²) in [4.78, 5) is 38.5. The average Bonchev–Trinajstić information content (AvgIpc) is 3.27. The molecule has 3 N–H and O–H groups in total. The number of rotatable bonds is 7. The summed E-state index contributed by atoms with van der Waals surface area (Å²) in [6, 6.07) is 8.63. The van der Waals surface area contributed by atoms with Crippen molar-refractivity contribution in [3.05, 3.63) is 86.9 Å². The average molecular weight is 711 g/mol. The molecule has 0 aromatic heterocycles. The lowest BCUT2D eigenvalue weighted by atomic mass is 10.0. The molecule has 2 fully saturated rings. The quantitative estimate of drug-likeness (QED) is 0.170. The number of amides is 3. The fraction of sp³-hybridized carbons (Fsp3) is 0.276. The summed E-state index contributed by atoms with van der Waals surface area (Å²) in [6.45, 7) is 0.338. The van der Waals surface area contributed by atoms with Gasteiger partial charge in [-0.05, 0) is 60.9 Å². The smallest absolute Gasteiger partial charge is 0.368 e. The van der Waals surface area contributed by atoms with Gasteiger partial charge in [-0.15, -0.1) is 23.2 Å². The molecule has 16 heteroatoms. The van der Waals surface area contributed by atoms with Crippen LogP contribution in [0.3, 0.4) is 0 Å². The maximum absolute atomic E-state index is 15.2. The van der Waals surface area contributed by atoms with E-state index in [2.05, 4.69) is 16.0 Å². The van der Waals surface area contributed by atoms with Gasteiger partial charge in [-0.3, -0.25) is 14.4 Å². The molecule has 2 aliphatic rings. The van der Waals surface area contributed by atoms with Gasteiger partial charge in [-0.2, -0.15) is 13.2 Å². The topological polar surface area (TPSA) is 96.5 Å². The second kappa shape index (κ2) is 12.6. The molecule has 1 aliphatic carbocycles. The predicted octanol–water partition coefficient (Wildman–Crippen LogP) is 8.19. The number of alkyl halides is 5. The van der Waals surface area contributed by atoms with E-state index >= 15 is 4.39 Å². The summed E-state index contributed by atoms with van der Waals surface area (Å²) in [7, 11) is 0. The summed E-state index contributed by atoms with van der Waals surface area (Å²) in [5.41, 5.74) is -2.54. The van der Waals surface area contributed by atoms with Crippen LogP contribution >= 0.6 is 46.4 Å². The van der Waals surface area contributed by atoms with E-state index in [9.17, 15) is 31.9 Å². The molecule has 0 radical (unpaired) electrons. The van der Waals surface area contributed by atoms with Crippen molar-refractivity contribution < 1.29 is 41.1 Å². The Morgan fingerprint density at radius 3 is 2.27 bits per heavy atom. The highest BCUT2D eigenvalue weighted by molar-refractivity contribution is 6.53. The monoisotopic (exact) mass is 709 g/mol. The van der Waals surface area contributed by atoms with Crippen LogP contribution in [-0.4, -0.2) is 34.8 Å². The molecule has 3 amide bonds. The van der Waals surface area contributed by atoms with Crippen molar-refractivity contribution in [2.45, 2.75) is 35.4 Å². The maximum atomic E-state index is 15.2. The molecule has 1 aliphatic heterocycles. The minimum absolute atomic E-state index is 0.0283. The van der Waals surface area contributed by atoms with Gasteiger partial charge < -0.3 is 20.7 Å². The Hall–Kier alpha value is -3.16. The van der Waals surface area contributed by atoms with Crippen LogP contribution < -0.4 is 16.0 Å². The molecule has 45 heavy (non-hydrogen) atoms. The van der Waals surface area contributed by atoms with Crippen LogP contribution in [0, 0.1) is 17.6 Å². The van der Waals surface area contributed by atoms with Gasteiger partial charge in [0.15, 0.2) is 5.82 Å². The van der Waals surface area contributed by atoms with Crippen LogP contribution in [0.5, 0.6) is 0 Å². The highest BCUT2D eigenvalue weighted by atomic mass is 35.5. The van der Waals surface area contributed by atoms with Crippen LogP contribution in [0.25, 0.3) is 0 Å². The van der Waals surface area contributed by atoms with E-state index < -0.39 is 79.8 Å². The van der Waals surface area contributed by atoms with E-state index in [0.717, 1.165) is 30.3 Å². The van der Waals surface area contributed by atoms with Crippen LogP contribution in [0.2, 0.25) is 10.0 Å². The van der Waals surface area contributed by atoms with Crippen molar-refractivity contribution in [2.75, 3.05) is 22.6 Å². The largest absolute Gasteiger partial charge is 0.417 e. The highest BCUT2D eigenvalue weighted by Crippen LogP contribution is 2.65. The number of hydrogen-bond donors (Lipinski definition) is 3. The molecule has 5 rings (SSSR count). The minimum atomic E-state index is -4.75. The van der Waals surface area contributed by atoms with Gasteiger partial charge in [0, 0.05) is 18.2 Å². The molecule has 2 unspecified atom stereocenters. The zero-order valence-electron chi connectivity index (χ0n) is 22.5. The van der Waals surface area contributed by atoms with E-state index in [1.807, 2.05) is 0 Å². The lowest BCUT2D eigenvalue weighted by molar-refractivity contribution is -0.137. The van der Waals surface area contributed by atoms with Crippen LogP contribution in [-0.2, 0) is 20.5 Å². The first-order chi connectivity index (χ1) is 21.1. The van der Waals surface area contributed by atoms with Gasteiger partial charge in [0.25, 0.3) is 11.8 Å². The second-order valence-electron chi connectivity index (χ2n) is 10.3. The molecule has 3 aromatic rings. The van der Waals surface area contributed by atoms with Crippen molar-refractivity contribution in [1.29, 1.82) is 0 Å². The van der Waals surface area contributed by atoms with Gasteiger partial charge in [-0.25, -0.2) is 8.78 Å². The number of carbonyl (C=O) groups excluding carboxylic acids is 3. The van der Waals surface area contributed by atoms with Crippen molar-refractivity contribution in [3.63, 3.8) is 0 Å². The van der Waals surface area contributed by atoms with Gasteiger partial charge in [0.2, 0.25) is 5.91 Å². The number of anilines is 3. The fourth-order valence-corrected chi connectivity index (χ4v) is 6.22. The first kappa shape index (κ1) is 33.2. The van der Waals surface area contributed by atoms with Crippen molar-refractivity contribution in [1.82, 2.24) is 0 Å². The Kier molecular flexibility index (Phi) is 9.27. The Bertz CT molecular complexity index is 1700. The first-order valence-electron chi connectivity index (χ1n) is 13.2.